The molecule has 4 heteroatoms. The predicted octanol–water partition coefficient (Wildman–Crippen LogP) is 14.1. The largest absolute Gasteiger partial charge is 0.468 e. The van der Waals surface area contributed by atoms with Crippen molar-refractivity contribution in [1.29, 1.82) is 0 Å². The molecule has 6 aromatic rings. The molecule has 5 aromatic carbocycles. The van der Waals surface area contributed by atoms with Gasteiger partial charge in [-0.2, -0.15) is 0 Å². The Kier molecular flexibility index (Phi) is 8.76. The van der Waals surface area contributed by atoms with Gasteiger partial charge in [-0.3, -0.25) is 0 Å². The molecule has 0 unspecified atom stereocenters. The normalized spacial score (nSPS) is 17.0. The van der Waals surface area contributed by atoms with Crippen LogP contribution in [0.15, 0.2) is 95.4 Å². The lowest BCUT2D eigenvalue weighted by molar-refractivity contribution is 0.332. The van der Waals surface area contributed by atoms with Crippen LogP contribution in [0.2, 0.25) is 0 Å². The number of fused-ring (bicyclic) bond motifs is 7. The average Bonchev–Trinajstić information content (AvgIpc) is 3.53. The van der Waals surface area contributed by atoms with Crippen molar-refractivity contribution in [3.63, 3.8) is 0 Å². The summed E-state index contributed by atoms with van der Waals surface area (Å²) in [6, 6.07) is 36.0. The van der Waals surface area contributed by atoms with Crippen molar-refractivity contribution in [1.82, 2.24) is 0 Å². The predicted molar refractivity (Wildman–Crippen MR) is 260 cm³/mol. The molecule has 3 aliphatic rings. The molecule has 2 aliphatic heterocycles. The monoisotopic (exact) mass is 795 g/mol. The van der Waals surface area contributed by atoms with Crippen LogP contribution >= 0.6 is 0 Å². The van der Waals surface area contributed by atoms with Crippen molar-refractivity contribution < 1.29 is 4.42 Å². The van der Waals surface area contributed by atoms with Gasteiger partial charge in [0.05, 0.1) is 11.3 Å². The Labute approximate surface area is 361 Å². The second kappa shape index (κ2) is 12.9. The van der Waals surface area contributed by atoms with Gasteiger partial charge in [-0.1, -0.05) is 147 Å². The topological polar surface area (TPSA) is 19.6 Å². The zero-order valence-corrected chi connectivity index (χ0v) is 39.5. The molecule has 0 amide bonds. The van der Waals surface area contributed by atoms with Crippen molar-refractivity contribution in [2.45, 2.75) is 156 Å². The summed E-state index contributed by atoms with van der Waals surface area (Å²) in [6.07, 6.45) is 2.35. The molecule has 0 fully saturated rings. The molecule has 0 saturated carbocycles. The molecule has 3 nitrogen and oxygen atoms in total. The number of rotatable bonds is 2. The van der Waals surface area contributed by atoms with Crippen LogP contribution in [0.25, 0.3) is 11.0 Å². The van der Waals surface area contributed by atoms with Gasteiger partial charge >= 0.3 is 0 Å². The molecule has 9 rings (SSSR count). The van der Waals surface area contributed by atoms with Crippen LogP contribution in [0, 0.1) is 0 Å². The highest BCUT2D eigenvalue weighted by Gasteiger charge is 2.48. The molecule has 0 saturated heterocycles. The zero-order valence-electron chi connectivity index (χ0n) is 39.5. The van der Waals surface area contributed by atoms with Gasteiger partial charge in [-0.15, -0.1) is 0 Å². The van der Waals surface area contributed by atoms with Crippen molar-refractivity contribution in [2.24, 2.45) is 0 Å². The van der Waals surface area contributed by atoms with E-state index in [1.54, 1.807) is 0 Å². The van der Waals surface area contributed by atoms with Crippen LogP contribution in [0.5, 0.6) is 0 Å². The Morgan fingerprint density at radius 3 is 1.60 bits per heavy atom. The lowest BCUT2D eigenvalue weighted by Crippen LogP contribution is -2.61. The van der Waals surface area contributed by atoms with Gasteiger partial charge in [0, 0.05) is 33.8 Å². The second-order valence-electron chi connectivity index (χ2n) is 23.9. The number of anilines is 6. The van der Waals surface area contributed by atoms with E-state index in [1.165, 1.54) is 91.3 Å². The van der Waals surface area contributed by atoms with Crippen LogP contribution in [-0.2, 0) is 32.5 Å². The van der Waals surface area contributed by atoms with E-state index in [0.29, 0.717) is 0 Å². The summed E-state index contributed by atoms with van der Waals surface area (Å²) in [6.45, 7) is 37.5. The summed E-state index contributed by atoms with van der Waals surface area (Å²) < 4.78 is 7.43. The van der Waals surface area contributed by atoms with Gasteiger partial charge in [0.1, 0.15) is 5.58 Å². The van der Waals surface area contributed by atoms with Crippen molar-refractivity contribution in [3.05, 3.63) is 124 Å². The standard InChI is InChI=1S/C56H67BN2O/c1-51(2,3)34-17-21-38(22-18-34)58-44-26-20-35(52(4,5)6)29-43(44)57-48-45(58)30-37(54(10,11)12)31-46(48)59(39-23-25-41-42(33-39)56(15,16)28-27-55(41,13)14)49-40-24-19-36(53(7,8)9)32-47(40)60-50(49)57/h17-26,29-33H,27-28H2,1-16H3. The van der Waals surface area contributed by atoms with E-state index in [1.807, 2.05) is 0 Å². The summed E-state index contributed by atoms with van der Waals surface area (Å²) >= 11 is 0. The Morgan fingerprint density at radius 2 is 1.00 bits per heavy atom. The number of furan rings is 1. The highest BCUT2D eigenvalue weighted by molar-refractivity contribution is 7.00. The average molecular weight is 795 g/mol. The smallest absolute Gasteiger partial charge is 0.297 e. The zero-order chi connectivity index (χ0) is 43.3. The Hall–Kier alpha value is -4.70. The maximum atomic E-state index is 7.43. The summed E-state index contributed by atoms with van der Waals surface area (Å²) in [5.74, 6) is 0. The SMILES string of the molecule is CC(C)(C)c1ccc(N2c3ccc(C(C)(C)C)cc3B3c4oc5cc(C(C)(C)C)ccc5c4N(c4ccc5c(c4)C(C)(C)CCC5(C)C)c4cc(C(C)(C)C)cc2c43)cc1. The lowest BCUT2D eigenvalue weighted by Gasteiger charge is -2.45. The molecule has 60 heavy (non-hydrogen) atoms. The van der Waals surface area contributed by atoms with Crippen molar-refractivity contribution in [3.8, 4) is 0 Å². The maximum absolute atomic E-state index is 7.43. The fraction of sp³-hybridized carbons (Fsp3) is 0.429. The molecule has 0 bridgehead atoms. The lowest BCUT2D eigenvalue weighted by atomic mass is 9.35. The molecule has 0 atom stereocenters. The number of hydrogen-bond donors (Lipinski definition) is 0. The molecule has 0 spiro atoms. The van der Waals surface area contributed by atoms with Crippen LogP contribution in [0.3, 0.4) is 0 Å². The highest BCUT2D eigenvalue weighted by Crippen LogP contribution is 2.52. The third-order valence-electron chi connectivity index (χ3n) is 14.3. The van der Waals surface area contributed by atoms with Gasteiger partial charge in [-0.05, 0) is 144 Å². The third kappa shape index (κ3) is 6.37. The fourth-order valence-corrected chi connectivity index (χ4v) is 10.2. The molecule has 0 N–H and O–H groups in total. The first-order chi connectivity index (χ1) is 27.8. The fourth-order valence-electron chi connectivity index (χ4n) is 10.2. The number of benzene rings is 5. The van der Waals surface area contributed by atoms with E-state index in [4.69, 9.17) is 4.42 Å². The minimum absolute atomic E-state index is 0.0160. The van der Waals surface area contributed by atoms with Crippen molar-refractivity contribution >= 4 is 68.4 Å². The third-order valence-corrected chi connectivity index (χ3v) is 14.3. The molecular formula is C56H67BN2O. The van der Waals surface area contributed by atoms with E-state index >= 15 is 0 Å². The Bertz CT molecular complexity index is 2700. The van der Waals surface area contributed by atoms with Crippen LogP contribution < -0.4 is 26.4 Å². The molecule has 1 aromatic heterocycles. The van der Waals surface area contributed by atoms with E-state index in [9.17, 15) is 0 Å². The first kappa shape index (κ1) is 40.7. The quantitative estimate of drug-likeness (QED) is 0.163. The number of nitrogens with zero attached hydrogens (tertiary/aromatic N) is 2. The van der Waals surface area contributed by atoms with Gasteiger partial charge in [-0.25, -0.2) is 0 Å². The highest BCUT2D eigenvalue weighted by atomic mass is 16.3. The van der Waals surface area contributed by atoms with E-state index < -0.39 is 0 Å². The minimum atomic E-state index is -0.104. The van der Waals surface area contributed by atoms with Gasteiger partial charge in [0.15, 0.2) is 0 Å². The summed E-state index contributed by atoms with van der Waals surface area (Å²) in [7, 11) is 0. The molecule has 3 heterocycles. The Morgan fingerprint density at radius 1 is 0.483 bits per heavy atom. The molecule has 1 aliphatic carbocycles. The van der Waals surface area contributed by atoms with E-state index in [0.717, 1.165) is 16.6 Å². The summed E-state index contributed by atoms with van der Waals surface area (Å²) in [5, 5.41) is 1.16. The second-order valence-corrected chi connectivity index (χ2v) is 23.9. The van der Waals surface area contributed by atoms with Crippen LogP contribution in [0.1, 0.15) is 157 Å². The Balaban J connectivity index is 1.42. The van der Waals surface area contributed by atoms with Gasteiger partial charge < -0.3 is 14.2 Å². The number of hydrogen-bond acceptors (Lipinski definition) is 3. The first-order valence-corrected chi connectivity index (χ1v) is 22.5. The molecule has 310 valence electrons. The summed E-state index contributed by atoms with van der Waals surface area (Å²) in [5.41, 5.74) is 20.1. The van der Waals surface area contributed by atoms with Gasteiger partial charge in [0.25, 0.3) is 6.71 Å². The molecular weight excluding hydrogens is 727 g/mol. The minimum Gasteiger partial charge on any atom is -0.468 e. The maximum Gasteiger partial charge on any atom is 0.297 e. The van der Waals surface area contributed by atoms with Gasteiger partial charge in [0.2, 0.25) is 0 Å². The summed E-state index contributed by atoms with van der Waals surface area (Å²) in [4.78, 5) is 5.15. The van der Waals surface area contributed by atoms with Crippen molar-refractivity contribution in [2.75, 3.05) is 9.80 Å². The van der Waals surface area contributed by atoms with Crippen LogP contribution in [0.4, 0.5) is 34.1 Å². The first-order valence-electron chi connectivity index (χ1n) is 22.5. The van der Waals surface area contributed by atoms with E-state index in [-0.39, 0.29) is 39.2 Å². The van der Waals surface area contributed by atoms with Crippen LogP contribution in [-0.4, -0.2) is 6.71 Å². The van der Waals surface area contributed by atoms with E-state index in [2.05, 4.69) is 212 Å². The molecule has 0 radical (unpaired) electrons.